The number of hydrogen-bond donors (Lipinski definition) is 0. The van der Waals surface area contributed by atoms with Crippen molar-refractivity contribution < 1.29 is 14.3 Å². The summed E-state index contributed by atoms with van der Waals surface area (Å²) in [5.41, 5.74) is -1.05. The monoisotopic (exact) mass is 288 g/mol. The maximum absolute atomic E-state index is 11.8. The molecule has 1 atom stereocenters. The fourth-order valence-corrected chi connectivity index (χ4v) is 2.02. The fourth-order valence-electron chi connectivity index (χ4n) is 1.89. The fraction of sp³-hybridized carbons (Fsp3) is 0.214. The van der Waals surface area contributed by atoms with Gasteiger partial charge in [0.2, 0.25) is 0 Å². The number of carbonyl (C=O) groups excluding carboxylic acids is 1. The molecule has 0 aromatic heterocycles. The van der Waals surface area contributed by atoms with Crippen LogP contribution in [0.1, 0.15) is 11.7 Å². The first kappa shape index (κ1) is 14.1. The lowest BCUT2D eigenvalue weighted by molar-refractivity contribution is -0.137. The van der Waals surface area contributed by atoms with Crippen LogP contribution in [0.4, 0.5) is 0 Å². The van der Waals surface area contributed by atoms with Crippen LogP contribution in [0.15, 0.2) is 35.9 Å². The van der Waals surface area contributed by atoms with Gasteiger partial charge in [-0.2, -0.15) is 10.5 Å². The van der Waals surface area contributed by atoms with Gasteiger partial charge in [-0.25, -0.2) is 4.79 Å². The molecule has 1 aromatic carbocycles. The summed E-state index contributed by atoms with van der Waals surface area (Å²) in [7, 11) is 1.22. The molecule has 1 aromatic rings. The summed E-state index contributed by atoms with van der Waals surface area (Å²) < 4.78 is 10.1. The van der Waals surface area contributed by atoms with E-state index in [4.69, 9.17) is 26.9 Å². The van der Waals surface area contributed by atoms with Crippen LogP contribution in [0.25, 0.3) is 0 Å². The van der Waals surface area contributed by atoms with Gasteiger partial charge in [0.25, 0.3) is 5.60 Å². The highest BCUT2D eigenvalue weighted by molar-refractivity contribution is 6.30. The smallest absolute Gasteiger partial charge is 0.336 e. The van der Waals surface area contributed by atoms with Crippen LogP contribution in [-0.2, 0) is 14.3 Å². The maximum atomic E-state index is 11.8. The molecular formula is C14H9ClN2O3. The zero-order valence-electron chi connectivity index (χ0n) is 10.5. The second-order valence-corrected chi connectivity index (χ2v) is 4.54. The number of hydrogen-bond acceptors (Lipinski definition) is 5. The van der Waals surface area contributed by atoms with Gasteiger partial charge in [-0.1, -0.05) is 23.7 Å². The first-order chi connectivity index (χ1) is 9.55. The third-order valence-corrected chi connectivity index (χ3v) is 3.12. The lowest BCUT2D eigenvalue weighted by Crippen LogP contribution is -2.22. The lowest BCUT2D eigenvalue weighted by Gasteiger charge is -2.16. The zero-order chi connectivity index (χ0) is 14.8. The standard InChI is InChI=1S/C14H9ClN2O3/c1-19-13(18)11-6-14(7-16,8-17)20-12(11)9-2-4-10(15)5-3-9/h2-6,12H,1H3. The average molecular weight is 289 g/mol. The summed E-state index contributed by atoms with van der Waals surface area (Å²) in [4.78, 5) is 11.8. The van der Waals surface area contributed by atoms with Crippen molar-refractivity contribution in [3.8, 4) is 12.1 Å². The molecule has 0 bridgehead atoms. The van der Waals surface area contributed by atoms with Gasteiger partial charge >= 0.3 is 5.97 Å². The number of rotatable bonds is 2. The summed E-state index contributed by atoms with van der Waals surface area (Å²) in [6, 6.07) is 10.1. The summed E-state index contributed by atoms with van der Waals surface area (Å²) >= 11 is 5.80. The van der Waals surface area contributed by atoms with E-state index in [1.807, 2.05) is 0 Å². The van der Waals surface area contributed by atoms with Gasteiger partial charge in [0.1, 0.15) is 18.2 Å². The number of methoxy groups -OCH3 is 1. The topological polar surface area (TPSA) is 83.1 Å². The summed E-state index contributed by atoms with van der Waals surface area (Å²) in [5.74, 6) is -0.641. The molecule has 100 valence electrons. The minimum absolute atomic E-state index is 0.123. The predicted molar refractivity (Wildman–Crippen MR) is 69.3 cm³/mol. The molecular weight excluding hydrogens is 280 g/mol. The van der Waals surface area contributed by atoms with Crippen LogP contribution < -0.4 is 0 Å². The second kappa shape index (κ2) is 5.34. The number of nitriles is 2. The normalized spacial score (nSPS) is 19.6. The van der Waals surface area contributed by atoms with E-state index in [2.05, 4.69) is 4.74 Å². The van der Waals surface area contributed by atoms with Crippen molar-refractivity contribution >= 4 is 17.6 Å². The second-order valence-electron chi connectivity index (χ2n) is 4.10. The van der Waals surface area contributed by atoms with Gasteiger partial charge in [-0.15, -0.1) is 0 Å². The molecule has 20 heavy (non-hydrogen) atoms. The molecule has 0 amide bonds. The van der Waals surface area contributed by atoms with E-state index in [0.29, 0.717) is 10.6 Å². The Kier molecular flexibility index (Phi) is 3.76. The Morgan fingerprint density at radius 3 is 2.45 bits per heavy atom. The predicted octanol–water partition coefficient (Wildman–Crippen LogP) is 2.30. The Balaban J connectivity index is 2.46. The Morgan fingerprint density at radius 1 is 1.35 bits per heavy atom. The molecule has 0 saturated heterocycles. The summed E-state index contributed by atoms with van der Waals surface area (Å²) in [5, 5.41) is 18.7. The Hall–Kier alpha value is -2.34. The number of nitrogens with zero attached hydrogens (tertiary/aromatic N) is 2. The molecule has 0 spiro atoms. The minimum atomic E-state index is -1.78. The van der Waals surface area contributed by atoms with Gasteiger partial charge in [0.05, 0.1) is 12.7 Å². The van der Waals surface area contributed by atoms with Crippen molar-refractivity contribution in [2.45, 2.75) is 11.7 Å². The van der Waals surface area contributed by atoms with Crippen LogP contribution in [0, 0.1) is 22.7 Å². The van der Waals surface area contributed by atoms with E-state index in [9.17, 15) is 4.79 Å². The van der Waals surface area contributed by atoms with Crippen molar-refractivity contribution in [2.75, 3.05) is 7.11 Å². The molecule has 1 heterocycles. The third-order valence-electron chi connectivity index (χ3n) is 2.87. The number of halogens is 1. The minimum Gasteiger partial charge on any atom is -0.466 e. The van der Waals surface area contributed by atoms with E-state index in [1.165, 1.54) is 13.2 Å². The number of ether oxygens (including phenoxy) is 2. The van der Waals surface area contributed by atoms with Crippen molar-refractivity contribution in [3.63, 3.8) is 0 Å². The molecule has 5 nitrogen and oxygen atoms in total. The number of benzene rings is 1. The van der Waals surface area contributed by atoms with Crippen LogP contribution in [0.3, 0.4) is 0 Å². The average Bonchev–Trinajstić information content (AvgIpc) is 2.88. The molecule has 0 radical (unpaired) electrons. The Labute approximate surface area is 120 Å². The van der Waals surface area contributed by atoms with E-state index in [0.717, 1.165) is 0 Å². The largest absolute Gasteiger partial charge is 0.466 e. The van der Waals surface area contributed by atoms with Crippen LogP contribution in [0.2, 0.25) is 5.02 Å². The highest BCUT2D eigenvalue weighted by Gasteiger charge is 2.44. The van der Waals surface area contributed by atoms with Crippen molar-refractivity contribution in [2.24, 2.45) is 0 Å². The quantitative estimate of drug-likeness (QED) is 0.780. The number of esters is 1. The molecule has 1 aliphatic heterocycles. The van der Waals surface area contributed by atoms with Crippen molar-refractivity contribution in [3.05, 3.63) is 46.5 Å². The van der Waals surface area contributed by atoms with Crippen LogP contribution >= 0.6 is 11.6 Å². The molecule has 2 rings (SSSR count). The molecule has 0 N–H and O–H groups in total. The van der Waals surface area contributed by atoms with Crippen molar-refractivity contribution in [1.29, 1.82) is 10.5 Å². The molecule has 1 unspecified atom stereocenters. The van der Waals surface area contributed by atoms with Gasteiger partial charge in [-0.05, 0) is 23.8 Å². The maximum Gasteiger partial charge on any atom is 0.336 e. The summed E-state index contributed by atoms with van der Waals surface area (Å²) in [6.07, 6.45) is 0.358. The Bertz CT molecular complexity index is 638. The van der Waals surface area contributed by atoms with Gasteiger partial charge in [0, 0.05) is 5.02 Å². The molecule has 0 aliphatic carbocycles. The van der Waals surface area contributed by atoms with Gasteiger partial charge in [-0.3, -0.25) is 0 Å². The third kappa shape index (κ3) is 2.37. The van der Waals surface area contributed by atoms with E-state index < -0.39 is 17.7 Å². The SMILES string of the molecule is COC(=O)C1=CC(C#N)(C#N)OC1c1ccc(Cl)cc1. The number of carbonyl (C=O) groups is 1. The Morgan fingerprint density at radius 2 is 1.95 bits per heavy atom. The van der Waals surface area contributed by atoms with Gasteiger partial charge in [0.15, 0.2) is 0 Å². The molecule has 0 fully saturated rings. The van der Waals surface area contributed by atoms with Crippen LogP contribution in [-0.4, -0.2) is 18.7 Å². The highest BCUT2D eigenvalue weighted by Crippen LogP contribution is 2.39. The zero-order valence-corrected chi connectivity index (χ0v) is 11.2. The first-order valence-electron chi connectivity index (χ1n) is 5.62. The first-order valence-corrected chi connectivity index (χ1v) is 6.00. The van der Waals surface area contributed by atoms with Gasteiger partial charge < -0.3 is 9.47 Å². The highest BCUT2D eigenvalue weighted by atomic mass is 35.5. The van der Waals surface area contributed by atoms with E-state index >= 15 is 0 Å². The van der Waals surface area contributed by atoms with Crippen molar-refractivity contribution in [1.82, 2.24) is 0 Å². The van der Waals surface area contributed by atoms with E-state index in [1.54, 1.807) is 36.4 Å². The summed E-state index contributed by atoms with van der Waals surface area (Å²) in [6.45, 7) is 0. The lowest BCUT2D eigenvalue weighted by atomic mass is 10.0. The molecule has 1 aliphatic rings. The molecule has 0 saturated carbocycles. The molecule has 6 heteroatoms. The van der Waals surface area contributed by atoms with Crippen LogP contribution in [0.5, 0.6) is 0 Å². The van der Waals surface area contributed by atoms with E-state index in [-0.39, 0.29) is 5.57 Å².